The molecule has 0 aliphatic rings. The smallest absolute Gasteiger partial charge is 0.104 e. The molecule has 0 saturated carbocycles. The van der Waals surface area contributed by atoms with E-state index in [1.165, 1.54) is 5.56 Å². The Morgan fingerprint density at radius 2 is 1.94 bits per heavy atom. The molecule has 0 aliphatic heterocycles. The lowest BCUT2D eigenvalue weighted by atomic mass is 10.1. The van der Waals surface area contributed by atoms with Crippen molar-refractivity contribution < 1.29 is 9.04 Å². The number of nitrogens with zero attached hydrogens (tertiary/aromatic N) is 1. The Balaban J connectivity index is 2.52. The predicted molar refractivity (Wildman–Crippen MR) is 76.9 cm³/mol. The van der Waals surface area contributed by atoms with Crippen molar-refractivity contribution in [3.05, 3.63) is 42.0 Å². The lowest BCUT2D eigenvalue weighted by Gasteiger charge is -2.29. The summed E-state index contributed by atoms with van der Waals surface area (Å²) in [5.41, 5.74) is 2.51. The molecule has 3 heteroatoms. The van der Waals surface area contributed by atoms with Crippen molar-refractivity contribution in [3.8, 4) is 0 Å². The largest absolute Gasteiger partial charge is 0.330 e. The highest BCUT2D eigenvalue weighted by molar-refractivity contribution is 7.93. The summed E-state index contributed by atoms with van der Waals surface area (Å²) in [7, 11) is 4.45. The summed E-state index contributed by atoms with van der Waals surface area (Å²) in [4.78, 5) is 0. The molecule has 94 valence electrons. The normalized spacial score (nSPS) is 11.5. The summed E-state index contributed by atoms with van der Waals surface area (Å²) in [6.45, 7) is 5.86. The molecule has 2 nitrogen and oxygen atoms in total. The first-order valence-corrected chi connectivity index (χ1v) is 6.81. The van der Waals surface area contributed by atoms with Crippen molar-refractivity contribution in [2.75, 3.05) is 26.4 Å². The number of hydrogen-bond donors (Lipinski definition) is 1. The second-order valence-corrected chi connectivity index (χ2v) is 5.62. The van der Waals surface area contributed by atoms with Crippen molar-refractivity contribution >= 4 is 18.1 Å². The maximum atomic E-state index is 8.71. The minimum atomic E-state index is 0.817. The quantitative estimate of drug-likeness (QED) is 0.455. The van der Waals surface area contributed by atoms with Crippen LogP contribution in [0.2, 0.25) is 0 Å². The highest BCUT2D eigenvalue weighted by Gasteiger charge is 2.15. The number of rotatable bonds is 7. The second-order valence-electron chi connectivity index (χ2n) is 4.95. The molecule has 0 spiro atoms. The second kappa shape index (κ2) is 6.84. The Labute approximate surface area is 109 Å². The van der Waals surface area contributed by atoms with Crippen LogP contribution in [0, 0.1) is 0 Å². The molecular formula is C14H22NOS+. The molecule has 0 bridgehead atoms. The van der Waals surface area contributed by atoms with Gasteiger partial charge in [-0.05, 0) is 17.6 Å². The molecule has 17 heavy (non-hydrogen) atoms. The molecule has 1 aromatic carbocycles. The Kier molecular flexibility index (Phi) is 5.75. The van der Waals surface area contributed by atoms with Gasteiger partial charge in [0.25, 0.3) is 0 Å². The predicted octanol–water partition coefficient (Wildman–Crippen LogP) is 3.50. The van der Waals surface area contributed by atoms with E-state index in [0.717, 1.165) is 47.4 Å². The summed E-state index contributed by atoms with van der Waals surface area (Å²) >= 11 is 0.932. The molecule has 0 unspecified atom stereocenters. The van der Waals surface area contributed by atoms with Crippen LogP contribution in [0.15, 0.2) is 30.8 Å². The lowest BCUT2D eigenvalue weighted by molar-refractivity contribution is -0.903. The third kappa shape index (κ3) is 5.39. The molecular weight excluding hydrogens is 230 g/mol. The van der Waals surface area contributed by atoms with E-state index in [4.69, 9.17) is 4.55 Å². The minimum absolute atomic E-state index is 0.817. The highest BCUT2D eigenvalue weighted by atomic mass is 32.2. The van der Waals surface area contributed by atoms with Gasteiger partial charge in [0.15, 0.2) is 0 Å². The summed E-state index contributed by atoms with van der Waals surface area (Å²) in [6, 6.07) is 8.54. The fourth-order valence-electron chi connectivity index (χ4n) is 1.89. The van der Waals surface area contributed by atoms with E-state index in [2.05, 4.69) is 44.9 Å². The molecule has 0 aliphatic carbocycles. The standard InChI is InChI=1S/C14H21NOS/c1-4-13-6-8-14(9-7-13)12-15(2,3)10-5-11-17-16/h4,6-9H,1,5,10-12H2,2-3H3/p+1. The summed E-state index contributed by atoms with van der Waals surface area (Å²) in [5.74, 6) is 0.817. The third-order valence-corrected chi connectivity index (χ3v) is 3.30. The summed E-state index contributed by atoms with van der Waals surface area (Å²) in [5, 5.41) is 0. The molecule has 1 aromatic rings. The highest BCUT2D eigenvalue weighted by Crippen LogP contribution is 2.12. The van der Waals surface area contributed by atoms with E-state index >= 15 is 0 Å². The molecule has 0 amide bonds. The first kappa shape index (κ1) is 14.3. The van der Waals surface area contributed by atoms with Gasteiger partial charge in [0.1, 0.15) is 6.54 Å². The van der Waals surface area contributed by atoms with Crippen LogP contribution >= 0.6 is 12.0 Å². The van der Waals surface area contributed by atoms with E-state index in [0.29, 0.717) is 0 Å². The van der Waals surface area contributed by atoms with Gasteiger partial charge in [-0.3, -0.25) is 0 Å². The fraction of sp³-hybridized carbons (Fsp3) is 0.429. The van der Waals surface area contributed by atoms with Gasteiger partial charge in [0.05, 0.1) is 20.6 Å². The molecule has 0 saturated heterocycles. The van der Waals surface area contributed by atoms with Crippen LogP contribution in [0.1, 0.15) is 17.5 Å². The van der Waals surface area contributed by atoms with E-state index in [1.807, 2.05) is 6.08 Å². The average Bonchev–Trinajstić information content (AvgIpc) is 2.30. The third-order valence-electron chi connectivity index (χ3n) is 2.83. The van der Waals surface area contributed by atoms with Crippen LogP contribution in [-0.4, -0.2) is 35.4 Å². The number of hydrogen-bond acceptors (Lipinski definition) is 2. The molecule has 0 heterocycles. The fourth-order valence-corrected chi connectivity index (χ4v) is 2.15. The van der Waals surface area contributed by atoms with Crippen molar-refractivity contribution in [1.82, 2.24) is 0 Å². The van der Waals surface area contributed by atoms with Gasteiger partial charge in [-0.15, -0.1) is 0 Å². The maximum absolute atomic E-state index is 8.71. The van der Waals surface area contributed by atoms with Gasteiger partial charge in [-0.2, -0.15) is 0 Å². The molecule has 0 radical (unpaired) electrons. The zero-order valence-electron chi connectivity index (χ0n) is 10.7. The Hall–Kier alpha value is -0.770. The summed E-state index contributed by atoms with van der Waals surface area (Å²) in [6.07, 6.45) is 2.90. The van der Waals surface area contributed by atoms with Gasteiger partial charge in [-0.1, -0.05) is 36.9 Å². The maximum Gasteiger partial charge on any atom is 0.104 e. The topological polar surface area (TPSA) is 20.2 Å². The SMILES string of the molecule is C=Cc1ccc(C[N+](C)(C)CCCSO)cc1. The van der Waals surface area contributed by atoms with E-state index in [1.54, 1.807) is 0 Å². The molecule has 0 fully saturated rings. The van der Waals surface area contributed by atoms with Crippen LogP contribution < -0.4 is 0 Å². The number of quaternary nitrogens is 1. The van der Waals surface area contributed by atoms with Crippen molar-refractivity contribution in [3.63, 3.8) is 0 Å². The van der Waals surface area contributed by atoms with Crippen molar-refractivity contribution in [1.29, 1.82) is 0 Å². The van der Waals surface area contributed by atoms with Gasteiger partial charge < -0.3 is 9.04 Å². The van der Waals surface area contributed by atoms with Gasteiger partial charge in [0.2, 0.25) is 0 Å². The first-order chi connectivity index (χ1) is 8.07. The van der Waals surface area contributed by atoms with E-state index in [-0.39, 0.29) is 0 Å². The minimum Gasteiger partial charge on any atom is -0.330 e. The van der Waals surface area contributed by atoms with Crippen LogP contribution in [0.4, 0.5) is 0 Å². The van der Waals surface area contributed by atoms with Gasteiger partial charge in [-0.25, -0.2) is 0 Å². The number of benzene rings is 1. The van der Waals surface area contributed by atoms with Crippen molar-refractivity contribution in [2.24, 2.45) is 0 Å². The monoisotopic (exact) mass is 252 g/mol. The van der Waals surface area contributed by atoms with Crippen LogP contribution in [0.3, 0.4) is 0 Å². The van der Waals surface area contributed by atoms with Gasteiger partial charge >= 0.3 is 0 Å². The average molecular weight is 252 g/mol. The Morgan fingerprint density at radius 3 is 2.47 bits per heavy atom. The van der Waals surface area contributed by atoms with E-state index < -0.39 is 0 Å². The van der Waals surface area contributed by atoms with Crippen LogP contribution in [0.5, 0.6) is 0 Å². The molecule has 1 N–H and O–H groups in total. The zero-order chi connectivity index (χ0) is 12.7. The van der Waals surface area contributed by atoms with Crippen LogP contribution in [0.25, 0.3) is 6.08 Å². The first-order valence-electron chi connectivity index (χ1n) is 5.87. The lowest BCUT2D eigenvalue weighted by Crippen LogP contribution is -2.39. The molecule has 0 atom stereocenters. The van der Waals surface area contributed by atoms with Gasteiger partial charge in [0, 0.05) is 17.7 Å². The van der Waals surface area contributed by atoms with E-state index in [9.17, 15) is 0 Å². The Bertz CT molecular complexity index is 346. The zero-order valence-corrected chi connectivity index (χ0v) is 11.5. The van der Waals surface area contributed by atoms with Crippen LogP contribution in [-0.2, 0) is 6.54 Å². The molecule has 1 rings (SSSR count). The molecule has 0 aromatic heterocycles. The van der Waals surface area contributed by atoms with Crippen molar-refractivity contribution in [2.45, 2.75) is 13.0 Å². The summed E-state index contributed by atoms with van der Waals surface area (Å²) < 4.78 is 9.66. The Morgan fingerprint density at radius 1 is 1.29 bits per heavy atom.